The fourth-order valence-electron chi connectivity index (χ4n) is 3.35. The molecule has 0 radical (unpaired) electrons. The molecule has 3 heteroatoms. The predicted molar refractivity (Wildman–Crippen MR) is 65.2 cm³/mol. The van der Waals surface area contributed by atoms with E-state index < -0.39 is 0 Å². The van der Waals surface area contributed by atoms with Crippen LogP contribution in [0.15, 0.2) is 0 Å². The molecule has 1 atom stereocenters. The Balaban J connectivity index is 1.75. The van der Waals surface area contributed by atoms with Crippen molar-refractivity contribution in [2.75, 3.05) is 13.1 Å². The Morgan fingerprint density at radius 1 is 1.25 bits per heavy atom. The summed E-state index contributed by atoms with van der Waals surface area (Å²) >= 11 is 0. The van der Waals surface area contributed by atoms with Crippen LogP contribution in [0.4, 0.5) is 0 Å². The minimum atomic E-state index is 0.139. The number of rotatable bonds is 4. The topological polar surface area (TPSA) is 41.1 Å². The van der Waals surface area contributed by atoms with Crippen molar-refractivity contribution in [2.45, 2.75) is 57.9 Å². The van der Waals surface area contributed by atoms with Crippen molar-refractivity contribution >= 4 is 5.91 Å². The van der Waals surface area contributed by atoms with Gasteiger partial charge in [-0.05, 0) is 38.0 Å². The van der Waals surface area contributed by atoms with Gasteiger partial charge in [-0.1, -0.05) is 19.3 Å². The highest BCUT2D eigenvalue weighted by Crippen LogP contribution is 2.51. The number of hydrogen-bond donors (Lipinski definition) is 2. The van der Waals surface area contributed by atoms with Crippen molar-refractivity contribution in [1.82, 2.24) is 10.6 Å². The van der Waals surface area contributed by atoms with Crippen LogP contribution in [0.25, 0.3) is 0 Å². The molecule has 0 aromatic carbocycles. The van der Waals surface area contributed by atoms with Gasteiger partial charge < -0.3 is 10.6 Å². The Kier molecular flexibility index (Phi) is 3.85. The van der Waals surface area contributed by atoms with Gasteiger partial charge in [-0.15, -0.1) is 0 Å². The summed E-state index contributed by atoms with van der Waals surface area (Å²) in [7, 11) is 0. The summed E-state index contributed by atoms with van der Waals surface area (Å²) in [6.07, 6.45) is 9.57. The van der Waals surface area contributed by atoms with Gasteiger partial charge in [0.05, 0.1) is 6.54 Å². The lowest BCUT2D eigenvalue weighted by molar-refractivity contribution is -0.120. The van der Waals surface area contributed by atoms with Crippen molar-refractivity contribution in [3.8, 4) is 0 Å². The summed E-state index contributed by atoms with van der Waals surface area (Å²) in [6.45, 7) is 3.19. The number of hydrogen-bond acceptors (Lipinski definition) is 2. The third kappa shape index (κ3) is 2.40. The van der Waals surface area contributed by atoms with Gasteiger partial charge in [0.1, 0.15) is 0 Å². The molecule has 0 bridgehead atoms. The number of carbonyl (C=O) groups is 1. The highest BCUT2D eigenvalue weighted by molar-refractivity contribution is 5.77. The first-order valence-corrected chi connectivity index (χ1v) is 6.77. The molecule has 1 spiro atoms. The van der Waals surface area contributed by atoms with E-state index in [0.29, 0.717) is 18.0 Å². The fourth-order valence-corrected chi connectivity index (χ4v) is 3.35. The Hall–Kier alpha value is -0.570. The lowest BCUT2D eigenvalue weighted by Crippen LogP contribution is -2.56. The van der Waals surface area contributed by atoms with Crippen LogP contribution in [0.3, 0.4) is 0 Å². The predicted octanol–water partition coefficient (Wildman–Crippen LogP) is 1.82. The molecule has 0 aliphatic heterocycles. The Morgan fingerprint density at radius 3 is 2.56 bits per heavy atom. The van der Waals surface area contributed by atoms with Gasteiger partial charge in [0.15, 0.2) is 0 Å². The van der Waals surface area contributed by atoms with Gasteiger partial charge in [-0.25, -0.2) is 0 Å². The molecule has 1 amide bonds. The van der Waals surface area contributed by atoms with Crippen molar-refractivity contribution < 1.29 is 4.79 Å². The van der Waals surface area contributed by atoms with Gasteiger partial charge in [-0.3, -0.25) is 4.79 Å². The van der Waals surface area contributed by atoms with Gasteiger partial charge in [0, 0.05) is 12.6 Å². The zero-order chi connectivity index (χ0) is 11.4. The van der Waals surface area contributed by atoms with Crippen LogP contribution in [0.5, 0.6) is 0 Å². The van der Waals surface area contributed by atoms with E-state index in [0.717, 1.165) is 6.54 Å². The minimum absolute atomic E-state index is 0.139. The maximum absolute atomic E-state index is 11.4. The lowest BCUT2D eigenvalue weighted by atomic mass is 9.57. The molecule has 16 heavy (non-hydrogen) atoms. The molecule has 2 N–H and O–H groups in total. The number of carbonyl (C=O) groups excluding carboxylic acids is 1. The Labute approximate surface area is 98.4 Å². The second kappa shape index (κ2) is 5.17. The smallest absolute Gasteiger partial charge is 0.233 e. The Bertz CT molecular complexity index is 246. The maximum Gasteiger partial charge on any atom is 0.233 e. The average molecular weight is 224 g/mol. The van der Waals surface area contributed by atoms with E-state index in [1.54, 1.807) is 0 Å². The van der Waals surface area contributed by atoms with Crippen molar-refractivity contribution in [3.05, 3.63) is 0 Å². The van der Waals surface area contributed by atoms with Crippen LogP contribution in [0.2, 0.25) is 0 Å². The fraction of sp³-hybridized carbons (Fsp3) is 0.923. The second-order valence-corrected chi connectivity index (χ2v) is 5.35. The molecule has 3 nitrogen and oxygen atoms in total. The molecule has 0 aromatic heterocycles. The molecule has 2 rings (SSSR count). The van der Waals surface area contributed by atoms with Crippen LogP contribution < -0.4 is 10.6 Å². The molecule has 1 unspecified atom stereocenters. The van der Waals surface area contributed by atoms with E-state index in [4.69, 9.17) is 0 Å². The highest BCUT2D eigenvalue weighted by atomic mass is 16.1. The number of nitrogens with one attached hydrogen (secondary N) is 2. The van der Waals surface area contributed by atoms with Crippen LogP contribution in [0.1, 0.15) is 51.9 Å². The maximum atomic E-state index is 11.4. The molecule has 0 saturated heterocycles. The van der Waals surface area contributed by atoms with Gasteiger partial charge in [0.2, 0.25) is 5.91 Å². The lowest BCUT2D eigenvalue weighted by Gasteiger charge is -2.52. The first kappa shape index (κ1) is 11.9. The zero-order valence-corrected chi connectivity index (χ0v) is 10.3. The van der Waals surface area contributed by atoms with Crippen LogP contribution >= 0.6 is 0 Å². The van der Waals surface area contributed by atoms with Crippen LogP contribution in [-0.2, 0) is 4.79 Å². The first-order chi connectivity index (χ1) is 7.77. The number of amides is 1. The van der Waals surface area contributed by atoms with Crippen molar-refractivity contribution in [3.63, 3.8) is 0 Å². The average Bonchev–Trinajstić information content (AvgIpc) is 2.29. The standard InChI is InChI=1S/C13H24N2O/c1-2-14-12(16)10-15-11-6-9-13(11)7-4-3-5-8-13/h11,15H,2-10H2,1H3,(H,14,16). The monoisotopic (exact) mass is 224 g/mol. The number of likely N-dealkylation sites (N-methyl/N-ethyl adjacent to an activating group) is 1. The SMILES string of the molecule is CCNC(=O)CNC1CCC12CCCCC2. The van der Waals surface area contributed by atoms with E-state index in [-0.39, 0.29) is 5.91 Å². The summed E-state index contributed by atoms with van der Waals surface area (Å²) in [6, 6.07) is 0.607. The third-order valence-electron chi connectivity index (χ3n) is 4.40. The third-order valence-corrected chi connectivity index (χ3v) is 4.40. The van der Waals surface area contributed by atoms with E-state index in [9.17, 15) is 4.79 Å². The molecule has 92 valence electrons. The van der Waals surface area contributed by atoms with Gasteiger partial charge >= 0.3 is 0 Å². The van der Waals surface area contributed by atoms with Crippen molar-refractivity contribution in [1.29, 1.82) is 0 Å². The van der Waals surface area contributed by atoms with Gasteiger partial charge in [0.25, 0.3) is 0 Å². The molecule has 2 fully saturated rings. The molecule has 2 saturated carbocycles. The summed E-state index contributed by atoms with van der Waals surface area (Å²) in [5, 5.41) is 6.29. The van der Waals surface area contributed by atoms with E-state index >= 15 is 0 Å². The van der Waals surface area contributed by atoms with Gasteiger partial charge in [-0.2, -0.15) is 0 Å². The van der Waals surface area contributed by atoms with E-state index in [2.05, 4.69) is 10.6 Å². The van der Waals surface area contributed by atoms with Crippen LogP contribution in [-0.4, -0.2) is 25.0 Å². The summed E-state index contributed by atoms with van der Waals surface area (Å²) < 4.78 is 0. The van der Waals surface area contributed by atoms with E-state index in [1.807, 2.05) is 6.92 Å². The summed E-state index contributed by atoms with van der Waals surface area (Å²) in [4.78, 5) is 11.4. The van der Waals surface area contributed by atoms with E-state index in [1.165, 1.54) is 44.9 Å². The first-order valence-electron chi connectivity index (χ1n) is 6.77. The summed E-state index contributed by atoms with van der Waals surface area (Å²) in [5.74, 6) is 0.139. The molecule has 2 aliphatic carbocycles. The molecular weight excluding hydrogens is 200 g/mol. The molecule has 0 aromatic rings. The normalized spacial score (nSPS) is 27.4. The molecular formula is C13H24N2O. The quantitative estimate of drug-likeness (QED) is 0.765. The van der Waals surface area contributed by atoms with Crippen molar-refractivity contribution in [2.24, 2.45) is 5.41 Å². The minimum Gasteiger partial charge on any atom is -0.355 e. The Morgan fingerprint density at radius 2 is 2.00 bits per heavy atom. The largest absolute Gasteiger partial charge is 0.355 e. The molecule has 0 heterocycles. The second-order valence-electron chi connectivity index (χ2n) is 5.35. The zero-order valence-electron chi connectivity index (χ0n) is 10.3. The van der Waals surface area contributed by atoms with Crippen LogP contribution in [0, 0.1) is 5.41 Å². The highest BCUT2D eigenvalue weighted by Gasteiger charge is 2.46. The molecule has 2 aliphatic rings. The summed E-state index contributed by atoms with van der Waals surface area (Å²) in [5.41, 5.74) is 0.560.